The second kappa shape index (κ2) is 6.05. The van der Waals surface area contributed by atoms with Crippen LogP contribution in [0.3, 0.4) is 0 Å². The van der Waals surface area contributed by atoms with Gasteiger partial charge in [-0.2, -0.15) is 0 Å². The first-order chi connectivity index (χ1) is 12.8. The van der Waals surface area contributed by atoms with E-state index >= 15 is 0 Å². The quantitative estimate of drug-likeness (QED) is 0.786. The van der Waals surface area contributed by atoms with E-state index in [1.54, 1.807) is 0 Å². The van der Waals surface area contributed by atoms with Crippen molar-refractivity contribution < 1.29 is 4.79 Å². The summed E-state index contributed by atoms with van der Waals surface area (Å²) in [5.74, 6) is 0.741. The third kappa shape index (κ3) is 2.67. The van der Waals surface area contributed by atoms with Gasteiger partial charge in [-0.15, -0.1) is 5.10 Å². The Morgan fingerprint density at radius 2 is 1.92 bits per heavy atom. The number of hydrogen-bond acceptors (Lipinski definition) is 4. The van der Waals surface area contributed by atoms with Gasteiger partial charge in [0, 0.05) is 16.8 Å². The summed E-state index contributed by atoms with van der Waals surface area (Å²) in [6.07, 6.45) is 5.45. The Labute approximate surface area is 151 Å². The molecule has 0 spiro atoms. The van der Waals surface area contributed by atoms with E-state index in [2.05, 4.69) is 26.9 Å². The van der Waals surface area contributed by atoms with Gasteiger partial charge in [0.2, 0.25) is 0 Å². The van der Waals surface area contributed by atoms with Crippen LogP contribution in [0.2, 0.25) is 0 Å². The van der Waals surface area contributed by atoms with Crippen molar-refractivity contribution in [1.29, 1.82) is 0 Å². The number of aromatic nitrogens is 4. The molecule has 1 fully saturated rings. The summed E-state index contributed by atoms with van der Waals surface area (Å²) in [7, 11) is 0. The number of nitrogens with zero attached hydrogens (tertiary/aromatic N) is 4. The molecule has 0 bridgehead atoms. The lowest BCUT2D eigenvalue weighted by atomic mass is 10.0. The molecule has 1 heterocycles. The number of nitrogens with one attached hydrogen (secondary N) is 1. The summed E-state index contributed by atoms with van der Waals surface area (Å²) < 4.78 is 1.89. The summed E-state index contributed by atoms with van der Waals surface area (Å²) >= 11 is 0. The number of amides is 1. The topological polar surface area (TPSA) is 72.7 Å². The maximum atomic E-state index is 12.7. The van der Waals surface area contributed by atoms with Crippen LogP contribution in [0.15, 0.2) is 42.5 Å². The molecular weight excluding hydrogens is 326 g/mol. The molecular formula is C20H19N5O. The van der Waals surface area contributed by atoms with Crippen LogP contribution in [0.1, 0.15) is 46.8 Å². The molecule has 26 heavy (non-hydrogen) atoms. The fourth-order valence-corrected chi connectivity index (χ4v) is 3.68. The highest BCUT2D eigenvalue weighted by Gasteiger charge is 2.28. The van der Waals surface area contributed by atoms with E-state index in [4.69, 9.17) is 0 Å². The highest BCUT2D eigenvalue weighted by atomic mass is 16.1. The molecule has 1 N–H and O–H groups in total. The number of benzene rings is 2. The van der Waals surface area contributed by atoms with Crippen LogP contribution in [0.5, 0.6) is 0 Å². The minimum Gasteiger partial charge on any atom is -0.322 e. The molecule has 2 aliphatic carbocycles. The van der Waals surface area contributed by atoms with Gasteiger partial charge >= 0.3 is 0 Å². The van der Waals surface area contributed by atoms with Crippen molar-refractivity contribution >= 4 is 11.6 Å². The number of tetrazole rings is 1. The van der Waals surface area contributed by atoms with Gasteiger partial charge in [0.15, 0.2) is 5.82 Å². The highest BCUT2D eigenvalue weighted by molar-refractivity contribution is 6.05. The fraction of sp³-hybridized carbons (Fsp3) is 0.300. The Hall–Kier alpha value is -3.02. The summed E-state index contributed by atoms with van der Waals surface area (Å²) in [6.45, 7) is 0. The molecule has 1 amide bonds. The molecule has 0 radical (unpaired) electrons. The van der Waals surface area contributed by atoms with Gasteiger partial charge in [0.05, 0.1) is 6.04 Å². The predicted octanol–water partition coefficient (Wildman–Crippen LogP) is 3.42. The van der Waals surface area contributed by atoms with Crippen LogP contribution in [-0.4, -0.2) is 26.1 Å². The van der Waals surface area contributed by atoms with Crippen LogP contribution >= 0.6 is 0 Å². The van der Waals surface area contributed by atoms with Crippen molar-refractivity contribution in [3.63, 3.8) is 0 Å². The number of aryl methyl sites for hydroxylation is 1. The van der Waals surface area contributed by atoms with Crippen LogP contribution in [-0.2, 0) is 12.8 Å². The monoisotopic (exact) mass is 345 g/mol. The third-order valence-corrected chi connectivity index (χ3v) is 5.18. The molecule has 6 heteroatoms. The smallest absolute Gasteiger partial charge is 0.255 e. The standard InChI is InChI=1S/C20H19N5O/c26-20(18-6-2-4-13-3-1-5-17(13)18)21-15-9-7-14(8-10-15)19-22-23-24-25(19)16-11-12-16/h2,4,6-10,16H,1,3,5,11-12H2,(H,21,26). The lowest BCUT2D eigenvalue weighted by Crippen LogP contribution is -2.14. The summed E-state index contributed by atoms with van der Waals surface area (Å²) in [5.41, 5.74) is 5.03. The molecule has 1 saturated carbocycles. The molecule has 0 atom stereocenters. The average Bonchev–Trinajstić information content (AvgIpc) is 3.19. The zero-order valence-electron chi connectivity index (χ0n) is 14.4. The molecule has 6 nitrogen and oxygen atoms in total. The van der Waals surface area contributed by atoms with Crippen molar-refractivity contribution in [2.45, 2.75) is 38.1 Å². The highest BCUT2D eigenvalue weighted by Crippen LogP contribution is 2.36. The van der Waals surface area contributed by atoms with Crippen LogP contribution in [0, 0.1) is 0 Å². The molecule has 0 aliphatic heterocycles. The van der Waals surface area contributed by atoms with Crippen molar-refractivity contribution in [2.75, 3.05) is 5.32 Å². The van der Waals surface area contributed by atoms with Gasteiger partial charge in [-0.25, -0.2) is 4.68 Å². The van der Waals surface area contributed by atoms with E-state index in [-0.39, 0.29) is 5.91 Å². The Morgan fingerprint density at radius 1 is 1.08 bits per heavy atom. The van der Waals surface area contributed by atoms with Crippen molar-refractivity contribution in [2.24, 2.45) is 0 Å². The van der Waals surface area contributed by atoms with Crippen LogP contribution in [0.25, 0.3) is 11.4 Å². The van der Waals surface area contributed by atoms with Crippen LogP contribution in [0.4, 0.5) is 5.69 Å². The number of anilines is 1. The molecule has 3 aromatic rings. The van der Waals surface area contributed by atoms with E-state index in [0.717, 1.165) is 54.7 Å². The van der Waals surface area contributed by atoms with E-state index in [0.29, 0.717) is 6.04 Å². The zero-order chi connectivity index (χ0) is 17.5. The number of carbonyl (C=O) groups excluding carboxylic acids is 1. The Balaban J connectivity index is 1.36. The first-order valence-electron chi connectivity index (χ1n) is 9.10. The summed E-state index contributed by atoms with van der Waals surface area (Å²) in [5, 5.41) is 15.0. The molecule has 0 unspecified atom stereocenters. The largest absolute Gasteiger partial charge is 0.322 e. The summed E-state index contributed by atoms with van der Waals surface area (Å²) in [6, 6.07) is 14.2. The van der Waals surface area contributed by atoms with Gasteiger partial charge in [0.1, 0.15) is 0 Å². The van der Waals surface area contributed by atoms with Gasteiger partial charge in [-0.05, 0) is 84.0 Å². The molecule has 2 aromatic carbocycles. The second-order valence-electron chi connectivity index (χ2n) is 7.01. The van der Waals surface area contributed by atoms with Gasteiger partial charge in [-0.3, -0.25) is 4.79 Å². The van der Waals surface area contributed by atoms with E-state index in [1.165, 1.54) is 11.1 Å². The maximum Gasteiger partial charge on any atom is 0.255 e. The van der Waals surface area contributed by atoms with E-state index in [1.807, 2.05) is 41.1 Å². The zero-order valence-corrected chi connectivity index (χ0v) is 14.4. The number of rotatable bonds is 4. The molecule has 0 saturated heterocycles. The molecule has 5 rings (SSSR count). The number of hydrogen-bond donors (Lipinski definition) is 1. The average molecular weight is 345 g/mol. The molecule has 130 valence electrons. The Bertz CT molecular complexity index is 972. The Kier molecular flexibility index (Phi) is 3.55. The van der Waals surface area contributed by atoms with E-state index < -0.39 is 0 Å². The first kappa shape index (κ1) is 15.3. The van der Waals surface area contributed by atoms with E-state index in [9.17, 15) is 4.79 Å². The fourth-order valence-electron chi connectivity index (χ4n) is 3.68. The van der Waals surface area contributed by atoms with Crippen molar-refractivity contribution in [1.82, 2.24) is 20.2 Å². The van der Waals surface area contributed by atoms with Gasteiger partial charge in [0.25, 0.3) is 5.91 Å². The van der Waals surface area contributed by atoms with Gasteiger partial charge < -0.3 is 5.32 Å². The van der Waals surface area contributed by atoms with Crippen LogP contribution < -0.4 is 5.32 Å². The third-order valence-electron chi connectivity index (χ3n) is 5.18. The Morgan fingerprint density at radius 3 is 2.73 bits per heavy atom. The lowest BCUT2D eigenvalue weighted by molar-refractivity contribution is 0.102. The SMILES string of the molecule is O=C(Nc1ccc(-c2nnnn2C2CC2)cc1)c1cccc2c1CCC2. The molecule has 2 aliphatic rings. The first-order valence-corrected chi connectivity index (χ1v) is 9.10. The lowest BCUT2D eigenvalue weighted by Gasteiger charge is -2.10. The second-order valence-corrected chi connectivity index (χ2v) is 7.01. The predicted molar refractivity (Wildman–Crippen MR) is 97.9 cm³/mol. The minimum atomic E-state index is -0.0423. The number of carbonyl (C=O) groups is 1. The molecule has 1 aromatic heterocycles. The minimum absolute atomic E-state index is 0.0423. The number of fused-ring (bicyclic) bond motifs is 1. The van der Waals surface area contributed by atoms with Crippen molar-refractivity contribution in [3.8, 4) is 11.4 Å². The van der Waals surface area contributed by atoms with Crippen molar-refractivity contribution in [3.05, 3.63) is 59.2 Å². The maximum absolute atomic E-state index is 12.7. The summed E-state index contributed by atoms with van der Waals surface area (Å²) in [4.78, 5) is 12.7. The van der Waals surface area contributed by atoms with Gasteiger partial charge in [-0.1, -0.05) is 12.1 Å². The normalized spacial score (nSPS) is 15.7.